The molecule has 0 spiro atoms. The van der Waals surface area contributed by atoms with E-state index in [1.807, 2.05) is 19.1 Å². The molecule has 19 heavy (non-hydrogen) atoms. The molecule has 1 heterocycles. The third-order valence-corrected chi connectivity index (χ3v) is 3.76. The predicted molar refractivity (Wildman–Crippen MR) is 71.7 cm³/mol. The SMILES string of the molecule is COC(=O)C1CC(=O)N(C(C)c2ccc(Cl)cc2)C1. The molecule has 0 radical (unpaired) electrons. The number of benzene rings is 1. The van der Waals surface area contributed by atoms with E-state index >= 15 is 0 Å². The van der Waals surface area contributed by atoms with Gasteiger partial charge in [-0.15, -0.1) is 0 Å². The van der Waals surface area contributed by atoms with E-state index in [0.717, 1.165) is 5.56 Å². The summed E-state index contributed by atoms with van der Waals surface area (Å²) in [6.07, 6.45) is 0.227. The third kappa shape index (κ3) is 2.89. The van der Waals surface area contributed by atoms with Crippen LogP contribution in [0.15, 0.2) is 24.3 Å². The lowest BCUT2D eigenvalue weighted by Crippen LogP contribution is -2.29. The zero-order valence-corrected chi connectivity index (χ0v) is 11.7. The van der Waals surface area contributed by atoms with E-state index in [1.54, 1.807) is 17.0 Å². The van der Waals surface area contributed by atoms with Gasteiger partial charge in [0.25, 0.3) is 0 Å². The first-order chi connectivity index (χ1) is 9.02. The second-order valence-electron chi connectivity index (χ2n) is 4.70. The van der Waals surface area contributed by atoms with Crippen molar-refractivity contribution in [2.24, 2.45) is 5.92 Å². The lowest BCUT2D eigenvalue weighted by molar-refractivity contribution is -0.145. The molecule has 2 unspecified atom stereocenters. The van der Waals surface area contributed by atoms with E-state index in [-0.39, 0.29) is 30.3 Å². The maximum absolute atomic E-state index is 12.0. The molecule has 1 fully saturated rings. The molecular weight excluding hydrogens is 266 g/mol. The first-order valence-electron chi connectivity index (χ1n) is 6.15. The summed E-state index contributed by atoms with van der Waals surface area (Å²) in [6, 6.07) is 7.31. The van der Waals surface area contributed by atoms with Gasteiger partial charge < -0.3 is 9.64 Å². The minimum absolute atomic E-state index is 0.0159. The van der Waals surface area contributed by atoms with Crippen molar-refractivity contribution in [2.45, 2.75) is 19.4 Å². The molecule has 4 nitrogen and oxygen atoms in total. The second kappa shape index (κ2) is 5.61. The van der Waals surface area contributed by atoms with Crippen LogP contribution in [-0.4, -0.2) is 30.4 Å². The summed E-state index contributed by atoms with van der Waals surface area (Å²) in [5.74, 6) is -0.691. The van der Waals surface area contributed by atoms with E-state index in [2.05, 4.69) is 0 Å². The van der Waals surface area contributed by atoms with E-state index in [4.69, 9.17) is 16.3 Å². The zero-order valence-electron chi connectivity index (χ0n) is 10.9. The summed E-state index contributed by atoms with van der Waals surface area (Å²) >= 11 is 5.85. The van der Waals surface area contributed by atoms with Gasteiger partial charge in [-0.05, 0) is 24.6 Å². The molecule has 0 N–H and O–H groups in total. The molecule has 1 aliphatic rings. The molecule has 0 saturated carbocycles. The third-order valence-electron chi connectivity index (χ3n) is 3.51. The maximum Gasteiger partial charge on any atom is 0.310 e. The summed E-state index contributed by atoms with van der Waals surface area (Å²) in [5.41, 5.74) is 1.00. The van der Waals surface area contributed by atoms with E-state index in [0.29, 0.717) is 11.6 Å². The molecule has 0 aliphatic carbocycles. The highest BCUT2D eigenvalue weighted by Crippen LogP contribution is 2.29. The fourth-order valence-corrected chi connectivity index (χ4v) is 2.48. The van der Waals surface area contributed by atoms with Gasteiger partial charge in [-0.1, -0.05) is 23.7 Å². The highest BCUT2D eigenvalue weighted by molar-refractivity contribution is 6.30. The minimum Gasteiger partial charge on any atom is -0.469 e. The largest absolute Gasteiger partial charge is 0.469 e. The number of carbonyl (C=O) groups is 2. The molecule has 1 aromatic rings. The summed E-state index contributed by atoms with van der Waals surface area (Å²) in [4.78, 5) is 25.2. The van der Waals surface area contributed by atoms with E-state index in [1.165, 1.54) is 7.11 Å². The van der Waals surface area contributed by atoms with Crippen LogP contribution in [-0.2, 0) is 14.3 Å². The Balaban J connectivity index is 2.11. The Labute approximate surface area is 117 Å². The topological polar surface area (TPSA) is 46.6 Å². The number of esters is 1. The van der Waals surface area contributed by atoms with Gasteiger partial charge >= 0.3 is 5.97 Å². The second-order valence-corrected chi connectivity index (χ2v) is 5.13. The van der Waals surface area contributed by atoms with Crippen LogP contribution in [0.3, 0.4) is 0 Å². The van der Waals surface area contributed by atoms with E-state index < -0.39 is 0 Å². The smallest absolute Gasteiger partial charge is 0.310 e. The molecule has 1 saturated heterocycles. The first kappa shape index (κ1) is 13.9. The molecular formula is C14H16ClNO3. The van der Waals surface area contributed by atoms with Crippen molar-refractivity contribution in [2.75, 3.05) is 13.7 Å². The number of hydrogen-bond donors (Lipinski definition) is 0. The van der Waals surface area contributed by atoms with Crippen molar-refractivity contribution in [3.8, 4) is 0 Å². The van der Waals surface area contributed by atoms with Crippen LogP contribution in [0.4, 0.5) is 0 Å². The van der Waals surface area contributed by atoms with Crippen molar-refractivity contribution >= 4 is 23.5 Å². The Morgan fingerprint density at radius 2 is 2.05 bits per heavy atom. The Kier molecular flexibility index (Phi) is 4.10. The molecule has 0 bridgehead atoms. The average Bonchev–Trinajstić information content (AvgIpc) is 2.80. The molecule has 2 rings (SSSR count). The molecule has 0 aromatic heterocycles. The Hall–Kier alpha value is -1.55. The predicted octanol–water partition coefficient (Wildman–Crippen LogP) is 2.42. The van der Waals surface area contributed by atoms with Crippen LogP contribution in [0.5, 0.6) is 0 Å². The van der Waals surface area contributed by atoms with Gasteiger partial charge in [0, 0.05) is 18.0 Å². The Bertz CT molecular complexity index is 486. The number of hydrogen-bond acceptors (Lipinski definition) is 3. The molecule has 102 valence electrons. The summed E-state index contributed by atoms with van der Waals surface area (Å²) in [7, 11) is 1.35. The van der Waals surface area contributed by atoms with Crippen molar-refractivity contribution in [3.63, 3.8) is 0 Å². The lowest BCUT2D eigenvalue weighted by Gasteiger charge is -2.25. The van der Waals surface area contributed by atoms with Gasteiger partial charge in [0.15, 0.2) is 0 Å². The van der Waals surface area contributed by atoms with Crippen molar-refractivity contribution < 1.29 is 14.3 Å². The number of carbonyl (C=O) groups excluding carboxylic acids is 2. The van der Waals surface area contributed by atoms with Gasteiger partial charge in [-0.3, -0.25) is 9.59 Å². The molecule has 1 aliphatic heterocycles. The number of methoxy groups -OCH3 is 1. The normalized spacial score (nSPS) is 20.5. The van der Waals surface area contributed by atoms with Crippen molar-refractivity contribution in [1.29, 1.82) is 0 Å². The van der Waals surface area contributed by atoms with E-state index in [9.17, 15) is 9.59 Å². The number of nitrogens with zero attached hydrogens (tertiary/aromatic N) is 1. The maximum atomic E-state index is 12.0. The highest BCUT2D eigenvalue weighted by Gasteiger charge is 2.37. The average molecular weight is 282 g/mol. The highest BCUT2D eigenvalue weighted by atomic mass is 35.5. The minimum atomic E-state index is -0.354. The van der Waals surface area contributed by atoms with Crippen LogP contribution in [0.1, 0.15) is 24.9 Å². The van der Waals surface area contributed by atoms with Gasteiger partial charge in [0.05, 0.1) is 19.1 Å². The molecule has 2 atom stereocenters. The Morgan fingerprint density at radius 1 is 1.42 bits per heavy atom. The molecule has 1 amide bonds. The summed E-state index contributed by atoms with van der Waals surface area (Å²) < 4.78 is 4.70. The molecule has 1 aromatic carbocycles. The number of halogens is 1. The van der Waals surface area contributed by atoms with Crippen LogP contribution < -0.4 is 0 Å². The number of ether oxygens (including phenoxy) is 1. The van der Waals surface area contributed by atoms with Gasteiger partial charge in [0.1, 0.15) is 0 Å². The van der Waals surface area contributed by atoms with Crippen molar-refractivity contribution in [1.82, 2.24) is 4.90 Å². The van der Waals surface area contributed by atoms with Crippen LogP contribution >= 0.6 is 11.6 Å². The number of rotatable bonds is 3. The van der Waals surface area contributed by atoms with Crippen LogP contribution in [0, 0.1) is 5.92 Å². The fraction of sp³-hybridized carbons (Fsp3) is 0.429. The fourth-order valence-electron chi connectivity index (χ4n) is 2.35. The number of amides is 1. The van der Waals surface area contributed by atoms with Gasteiger partial charge in [-0.2, -0.15) is 0 Å². The first-order valence-corrected chi connectivity index (χ1v) is 6.53. The number of likely N-dealkylation sites (tertiary alicyclic amines) is 1. The monoisotopic (exact) mass is 281 g/mol. The quantitative estimate of drug-likeness (QED) is 0.800. The van der Waals surface area contributed by atoms with Crippen molar-refractivity contribution in [3.05, 3.63) is 34.9 Å². The standard InChI is InChI=1S/C14H16ClNO3/c1-9(10-3-5-12(15)6-4-10)16-8-11(7-13(16)17)14(18)19-2/h3-6,9,11H,7-8H2,1-2H3. The summed E-state index contributed by atoms with van der Waals surface area (Å²) in [5, 5.41) is 0.663. The van der Waals surface area contributed by atoms with Crippen LogP contribution in [0.2, 0.25) is 5.02 Å². The molecule has 5 heteroatoms. The zero-order chi connectivity index (χ0) is 14.0. The van der Waals surface area contributed by atoms with Gasteiger partial charge in [-0.25, -0.2) is 0 Å². The lowest BCUT2D eigenvalue weighted by atomic mass is 10.1. The Morgan fingerprint density at radius 3 is 2.63 bits per heavy atom. The van der Waals surface area contributed by atoms with Gasteiger partial charge in [0.2, 0.25) is 5.91 Å². The van der Waals surface area contributed by atoms with Crippen LogP contribution in [0.25, 0.3) is 0 Å². The summed E-state index contributed by atoms with van der Waals surface area (Å²) in [6.45, 7) is 2.36.